The van der Waals surface area contributed by atoms with E-state index in [1.165, 1.54) is 6.42 Å². The van der Waals surface area contributed by atoms with Gasteiger partial charge in [-0.2, -0.15) is 0 Å². The summed E-state index contributed by atoms with van der Waals surface area (Å²) in [6, 6.07) is 0. The summed E-state index contributed by atoms with van der Waals surface area (Å²) in [5.41, 5.74) is 0. The standard InChI is InChI=1S/C7H14O2.2C2H4O2/c1-2-3-4-5-6-7(8)9;2*1-2(3)4/h2-6H2,1H3,(H,8,9);2*1H3,(H,3,4). The molecule has 17 heavy (non-hydrogen) atoms. The van der Waals surface area contributed by atoms with E-state index in [4.69, 9.17) is 24.9 Å². The molecule has 0 aliphatic heterocycles. The molecule has 0 aliphatic carbocycles. The van der Waals surface area contributed by atoms with Crippen molar-refractivity contribution in [2.24, 2.45) is 0 Å². The number of unbranched alkanes of at least 4 members (excludes halogenated alkanes) is 3. The summed E-state index contributed by atoms with van der Waals surface area (Å²) >= 11 is 0. The third-order valence-electron chi connectivity index (χ3n) is 1.24. The van der Waals surface area contributed by atoms with E-state index >= 15 is 0 Å². The molecule has 0 aliphatic rings. The molecule has 0 bridgehead atoms. The topological polar surface area (TPSA) is 112 Å². The number of carboxylic acids is 3. The molecule has 0 rings (SSSR count). The quantitative estimate of drug-likeness (QED) is 0.645. The van der Waals surface area contributed by atoms with Gasteiger partial charge < -0.3 is 15.3 Å². The zero-order valence-corrected chi connectivity index (χ0v) is 10.6. The molecule has 0 aromatic heterocycles. The van der Waals surface area contributed by atoms with Gasteiger partial charge in [-0.15, -0.1) is 0 Å². The lowest BCUT2D eigenvalue weighted by Gasteiger charge is -1.92. The first kappa shape index (κ1) is 20.8. The van der Waals surface area contributed by atoms with Crippen LogP contribution in [0.15, 0.2) is 0 Å². The van der Waals surface area contributed by atoms with Gasteiger partial charge in [-0.05, 0) is 6.42 Å². The average Bonchev–Trinajstić information content (AvgIpc) is 2.10. The zero-order chi connectivity index (χ0) is 14.3. The fourth-order valence-electron chi connectivity index (χ4n) is 0.703. The van der Waals surface area contributed by atoms with E-state index in [2.05, 4.69) is 6.92 Å². The maximum Gasteiger partial charge on any atom is 0.303 e. The van der Waals surface area contributed by atoms with Crippen molar-refractivity contribution in [1.82, 2.24) is 0 Å². The second-order valence-corrected chi connectivity index (χ2v) is 3.24. The smallest absolute Gasteiger partial charge is 0.303 e. The Bertz CT molecular complexity index is 192. The van der Waals surface area contributed by atoms with Crippen LogP contribution in [0.1, 0.15) is 52.9 Å². The molecule has 0 atom stereocenters. The Morgan fingerprint density at radius 2 is 1.18 bits per heavy atom. The number of rotatable bonds is 5. The van der Waals surface area contributed by atoms with E-state index < -0.39 is 17.9 Å². The van der Waals surface area contributed by atoms with Crippen molar-refractivity contribution < 1.29 is 29.7 Å². The van der Waals surface area contributed by atoms with Crippen LogP contribution in [0.2, 0.25) is 0 Å². The van der Waals surface area contributed by atoms with Crippen LogP contribution in [0.3, 0.4) is 0 Å². The molecule has 0 saturated heterocycles. The highest BCUT2D eigenvalue weighted by atomic mass is 16.4. The molecule has 0 heterocycles. The van der Waals surface area contributed by atoms with Crippen molar-refractivity contribution >= 4 is 17.9 Å². The van der Waals surface area contributed by atoms with Gasteiger partial charge in [-0.3, -0.25) is 14.4 Å². The minimum Gasteiger partial charge on any atom is -0.481 e. The maximum absolute atomic E-state index is 9.96. The SMILES string of the molecule is CC(=O)O.CC(=O)O.CCCCCCC(=O)O. The van der Waals surface area contributed by atoms with E-state index in [0.717, 1.165) is 33.1 Å². The Labute approximate surface area is 101 Å². The lowest BCUT2D eigenvalue weighted by molar-refractivity contribution is -0.137. The molecule has 0 fully saturated rings. The van der Waals surface area contributed by atoms with Gasteiger partial charge in [0, 0.05) is 20.3 Å². The van der Waals surface area contributed by atoms with Crippen LogP contribution < -0.4 is 0 Å². The van der Waals surface area contributed by atoms with Crippen molar-refractivity contribution in [3.05, 3.63) is 0 Å². The van der Waals surface area contributed by atoms with E-state index in [0.29, 0.717) is 6.42 Å². The monoisotopic (exact) mass is 250 g/mol. The van der Waals surface area contributed by atoms with Crippen molar-refractivity contribution in [3.63, 3.8) is 0 Å². The summed E-state index contributed by atoms with van der Waals surface area (Å²) in [5.74, 6) is -2.34. The van der Waals surface area contributed by atoms with Gasteiger partial charge in [0.1, 0.15) is 0 Å². The molecule has 102 valence electrons. The first-order chi connectivity index (χ1) is 7.73. The molecular formula is C11H22O6. The molecule has 0 aromatic carbocycles. The van der Waals surface area contributed by atoms with Crippen molar-refractivity contribution in [2.45, 2.75) is 52.9 Å². The molecular weight excluding hydrogens is 228 g/mol. The highest BCUT2D eigenvalue weighted by Crippen LogP contribution is 2.01. The molecule has 0 spiro atoms. The summed E-state index contributed by atoms with van der Waals surface area (Å²) < 4.78 is 0. The Balaban J connectivity index is -0.000000205. The largest absolute Gasteiger partial charge is 0.481 e. The van der Waals surface area contributed by atoms with Gasteiger partial charge in [0.25, 0.3) is 11.9 Å². The van der Waals surface area contributed by atoms with E-state index in [1.54, 1.807) is 0 Å². The summed E-state index contributed by atoms with van der Waals surface area (Å²) in [4.78, 5) is 28.0. The molecule has 6 nitrogen and oxygen atoms in total. The molecule has 0 aromatic rings. The lowest BCUT2D eigenvalue weighted by atomic mass is 10.2. The second kappa shape index (κ2) is 16.8. The third kappa shape index (κ3) is 114. The number of carbonyl (C=O) groups is 3. The van der Waals surface area contributed by atoms with E-state index in [9.17, 15) is 4.79 Å². The highest BCUT2D eigenvalue weighted by molar-refractivity contribution is 5.66. The summed E-state index contributed by atoms with van der Waals surface area (Å²) in [5, 5.41) is 23.0. The van der Waals surface area contributed by atoms with Gasteiger partial charge in [0.2, 0.25) is 0 Å². The Morgan fingerprint density at radius 3 is 1.41 bits per heavy atom. The molecule has 3 N–H and O–H groups in total. The van der Waals surface area contributed by atoms with E-state index in [-0.39, 0.29) is 0 Å². The Hall–Kier alpha value is -1.59. The predicted octanol–water partition coefficient (Wildman–Crippen LogP) is 2.22. The summed E-state index contributed by atoms with van der Waals surface area (Å²) in [6.07, 6.45) is 4.55. The van der Waals surface area contributed by atoms with Crippen LogP contribution in [0.25, 0.3) is 0 Å². The zero-order valence-electron chi connectivity index (χ0n) is 10.6. The van der Waals surface area contributed by atoms with Crippen LogP contribution in [-0.2, 0) is 14.4 Å². The van der Waals surface area contributed by atoms with Crippen LogP contribution in [0.5, 0.6) is 0 Å². The maximum atomic E-state index is 9.96. The third-order valence-corrected chi connectivity index (χ3v) is 1.24. The van der Waals surface area contributed by atoms with Gasteiger partial charge in [0.05, 0.1) is 0 Å². The van der Waals surface area contributed by atoms with Crippen LogP contribution in [0.4, 0.5) is 0 Å². The first-order valence-electron chi connectivity index (χ1n) is 5.34. The lowest BCUT2D eigenvalue weighted by Crippen LogP contribution is -1.92. The van der Waals surface area contributed by atoms with Crippen molar-refractivity contribution in [3.8, 4) is 0 Å². The fourth-order valence-corrected chi connectivity index (χ4v) is 0.703. The van der Waals surface area contributed by atoms with Crippen LogP contribution >= 0.6 is 0 Å². The normalized spacial score (nSPS) is 7.94. The molecule has 0 unspecified atom stereocenters. The molecule has 0 amide bonds. The molecule has 0 saturated carbocycles. The van der Waals surface area contributed by atoms with Crippen LogP contribution in [-0.4, -0.2) is 33.2 Å². The van der Waals surface area contributed by atoms with E-state index in [1.807, 2.05) is 0 Å². The Morgan fingerprint density at radius 1 is 0.824 bits per heavy atom. The van der Waals surface area contributed by atoms with Crippen molar-refractivity contribution in [1.29, 1.82) is 0 Å². The molecule has 0 radical (unpaired) electrons. The highest BCUT2D eigenvalue weighted by Gasteiger charge is 1.93. The van der Waals surface area contributed by atoms with Crippen LogP contribution in [0, 0.1) is 0 Å². The molecule has 6 heteroatoms. The summed E-state index contributed by atoms with van der Waals surface area (Å²) in [6.45, 7) is 4.28. The first-order valence-corrected chi connectivity index (χ1v) is 5.34. The number of carboxylic acid groups (broad SMARTS) is 3. The number of hydrogen-bond donors (Lipinski definition) is 3. The average molecular weight is 250 g/mol. The number of aliphatic carboxylic acids is 3. The second-order valence-electron chi connectivity index (χ2n) is 3.24. The fraction of sp³-hybridized carbons (Fsp3) is 0.727. The van der Waals surface area contributed by atoms with Crippen molar-refractivity contribution in [2.75, 3.05) is 0 Å². The summed E-state index contributed by atoms with van der Waals surface area (Å²) in [7, 11) is 0. The van der Waals surface area contributed by atoms with Gasteiger partial charge in [0.15, 0.2) is 0 Å². The predicted molar refractivity (Wildman–Crippen MR) is 63.0 cm³/mol. The van der Waals surface area contributed by atoms with Gasteiger partial charge >= 0.3 is 5.97 Å². The van der Waals surface area contributed by atoms with Gasteiger partial charge in [-0.25, -0.2) is 0 Å². The minimum atomic E-state index is -0.833. The number of hydrogen-bond acceptors (Lipinski definition) is 3. The Kier molecular flexibility index (Phi) is 20.6. The van der Waals surface area contributed by atoms with Gasteiger partial charge in [-0.1, -0.05) is 26.2 Å². The minimum absolute atomic E-state index is 0.333.